The molecule has 0 saturated heterocycles. The number of hydrogen-bond acceptors (Lipinski definition) is 0. The van der Waals surface area contributed by atoms with Gasteiger partial charge >= 0.3 is 0 Å². The maximum Gasteiger partial charge on any atom is 0.0541 e. The molecule has 4 fully saturated rings. The normalized spacial score (nSPS) is 39.8. The molecule has 9 atom stereocenters. The van der Waals surface area contributed by atoms with Gasteiger partial charge in [0.15, 0.2) is 0 Å². The molecule has 0 radical (unpaired) electrons. The van der Waals surface area contributed by atoms with Crippen molar-refractivity contribution in [2.45, 2.75) is 127 Å². The number of hydrogen-bond donors (Lipinski definition) is 0. The molecule has 9 unspecified atom stereocenters. The highest BCUT2D eigenvalue weighted by molar-refractivity contribution is 6.80. The van der Waals surface area contributed by atoms with Crippen LogP contribution in [0.4, 0.5) is 0 Å². The van der Waals surface area contributed by atoms with E-state index in [4.69, 9.17) is 0 Å². The second-order valence-electron chi connectivity index (χ2n) is 13.6. The summed E-state index contributed by atoms with van der Waals surface area (Å²) in [7, 11) is -1.30. The summed E-state index contributed by atoms with van der Waals surface area (Å²) >= 11 is 0. The molecule has 0 N–H and O–H groups in total. The standard InChI is InChI=1S/C32H52Si/c1-5-13-25-21-31(29-18-11-9-16-27(25)29)33(3,4)32-22-26(28-17-10-12-19-30(28)32)20-23(2)24-14-7-6-8-15-24/h6-8,14-15,23,25-32H,5,9-13,16-22H2,1-4H3. The molecule has 4 aliphatic carbocycles. The van der Waals surface area contributed by atoms with E-state index in [9.17, 15) is 0 Å². The van der Waals surface area contributed by atoms with Crippen LogP contribution in [0.25, 0.3) is 0 Å². The van der Waals surface area contributed by atoms with Gasteiger partial charge in [-0.15, -0.1) is 0 Å². The molecule has 0 bridgehead atoms. The molecule has 0 nitrogen and oxygen atoms in total. The average Bonchev–Trinajstić information content (AvgIpc) is 3.40. The Hall–Kier alpha value is -0.563. The van der Waals surface area contributed by atoms with E-state index in [0.717, 1.165) is 52.5 Å². The van der Waals surface area contributed by atoms with Crippen LogP contribution in [0.2, 0.25) is 24.2 Å². The molecular weight excluding hydrogens is 412 g/mol. The van der Waals surface area contributed by atoms with E-state index in [1.165, 1.54) is 44.9 Å². The van der Waals surface area contributed by atoms with Gasteiger partial charge in [0.25, 0.3) is 0 Å². The van der Waals surface area contributed by atoms with E-state index >= 15 is 0 Å². The van der Waals surface area contributed by atoms with Gasteiger partial charge in [0.1, 0.15) is 0 Å². The zero-order valence-corrected chi connectivity index (χ0v) is 23.3. The smallest absolute Gasteiger partial charge is 0.0541 e. The van der Waals surface area contributed by atoms with Crippen molar-refractivity contribution in [2.75, 3.05) is 0 Å². The van der Waals surface area contributed by atoms with Gasteiger partial charge in [-0.1, -0.05) is 109 Å². The van der Waals surface area contributed by atoms with Crippen molar-refractivity contribution in [1.29, 1.82) is 0 Å². The minimum Gasteiger partial charge on any atom is -0.0689 e. The summed E-state index contributed by atoms with van der Waals surface area (Å²) in [6, 6.07) is 11.4. The lowest BCUT2D eigenvalue weighted by molar-refractivity contribution is 0.211. The highest BCUT2D eigenvalue weighted by Crippen LogP contribution is 2.65. The SMILES string of the molecule is CCCC1CC([Si](C)(C)C2CC(CC(C)c3ccccc3)C3CCCCC32)C2CCCCC12. The Labute approximate surface area is 206 Å². The van der Waals surface area contributed by atoms with Crippen LogP contribution < -0.4 is 0 Å². The third kappa shape index (κ3) is 4.66. The molecule has 0 aromatic heterocycles. The predicted octanol–water partition coefficient (Wildman–Crippen LogP) is 10.1. The molecule has 4 aliphatic rings. The van der Waals surface area contributed by atoms with Gasteiger partial charge in [0.05, 0.1) is 8.07 Å². The second-order valence-corrected chi connectivity index (χ2v) is 18.7. The van der Waals surface area contributed by atoms with Crippen molar-refractivity contribution in [3.8, 4) is 0 Å². The largest absolute Gasteiger partial charge is 0.0689 e. The molecule has 0 spiro atoms. The molecule has 0 heterocycles. The lowest BCUT2D eigenvalue weighted by atomic mass is 9.75. The van der Waals surface area contributed by atoms with E-state index in [1.807, 2.05) is 0 Å². The second kappa shape index (κ2) is 10.2. The first-order chi connectivity index (χ1) is 16.0. The van der Waals surface area contributed by atoms with Crippen molar-refractivity contribution in [1.82, 2.24) is 0 Å². The Morgan fingerprint density at radius 2 is 1.27 bits per heavy atom. The minimum atomic E-state index is -1.30. The van der Waals surface area contributed by atoms with E-state index in [1.54, 1.807) is 44.1 Å². The van der Waals surface area contributed by atoms with Crippen LogP contribution in [0, 0.1) is 35.5 Å². The van der Waals surface area contributed by atoms with Gasteiger partial charge in [-0.3, -0.25) is 0 Å². The highest BCUT2D eigenvalue weighted by Gasteiger charge is 2.57. The average molecular weight is 465 g/mol. The fraction of sp³-hybridized carbons (Fsp3) is 0.812. The maximum atomic E-state index is 2.90. The molecule has 184 valence electrons. The van der Waals surface area contributed by atoms with Gasteiger partial charge < -0.3 is 0 Å². The summed E-state index contributed by atoms with van der Waals surface area (Å²) in [5.41, 5.74) is 3.83. The van der Waals surface area contributed by atoms with Crippen LogP contribution in [-0.4, -0.2) is 8.07 Å². The van der Waals surface area contributed by atoms with E-state index in [-0.39, 0.29) is 0 Å². The van der Waals surface area contributed by atoms with Crippen molar-refractivity contribution in [3.05, 3.63) is 35.9 Å². The van der Waals surface area contributed by atoms with Gasteiger partial charge in [-0.25, -0.2) is 0 Å². The molecule has 33 heavy (non-hydrogen) atoms. The van der Waals surface area contributed by atoms with Crippen LogP contribution in [0.1, 0.15) is 109 Å². The van der Waals surface area contributed by atoms with E-state index in [2.05, 4.69) is 57.3 Å². The monoisotopic (exact) mass is 464 g/mol. The summed E-state index contributed by atoms with van der Waals surface area (Å²) in [4.78, 5) is 0. The van der Waals surface area contributed by atoms with Crippen LogP contribution in [0.5, 0.6) is 0 Å². The summed E-state index contributed by atoms with van der Waals surface area (Å²) in [5.74, 6) is 7.16. The summed E-state index contributed by atoms with van der Waals surface area (Å²) in [6.07, 6.45) is 20.0. The van der Waals surface area contributed by atoms with Crippen molar-refractivity contribution in [2.24, 2.45) is 35.5 Å². The first-order valence-corrected chi connectivity index (χ1v) is 18.2. The molecule has 1 aromatic rings. The highest BCUT2D eigenvalue weighted by atomic mass is 28.3. The molecule has 0 aliphatic heterocycles. The summed E-state index contributed by atoms with van der Waals surface area (Å²) < 4.78 is 0. The molecule has 0 amide bonds. The molecular formula is C32H52Si. The fourth-order valence-corrected chi connectivity index (χ4v) is 15.6. The predicted molar refractivity (Wildman–Crippen MR) is 146 cm³/mol. The van der Waals surface area contributed by atoms with E-state index < -0.39 is 8.07 Å². The zero-order chi connectivity index (χ0) is 23.0. The quantitative estimate of drug-likeness (QED) is 0.352. The van der Waals surface area contributed by atoms with Crippen LogP contribution >= 0.6 is 0 Å². The molecule has 5 rings (SSSR count). The van der Waals surface area contributed by atoms with Gasteiger partial charge in [-0.05, 0) is 90.2 Å². The van der Waals surface area contributed by atoms with Gasteiger partial charge in [0, 0.05) is 0 Å². The number of rotatable bonds is 7. The zero-order valence-electron chi connectivity index (χ0n) is 22.3. The van der Waals surface area contributed by atoms with E-state index in [0.29, 0.717) is 0 Å². The van der Waals surface area contributed by atoms with Gasteiger partial charge in [-0.2, -0.15) is 0 Å². The topological polar surface area (TPSA) is 0 Å². The van der Waals surface area contributed by atoms with Crippen LogP contribution in [0.15, 0.2) is 30.3 Å². The fourth-order valence-electron chi connectivity index (χ4n) is 10.2. The molecule has 1 aromatic carbocycles. The Kier molecular flexibility index (Phi) is 7.46. The number of benzene rings is 1. The maximum absolute atomic E-state index is 2.90. The Morgan fingerprint density at radius 3 is 1.85 bits per heavy atom. The Balaban J connectivity index is 1.36. The van der Waals surface area contributed by atoms with Crippen molar-refractivity contribution >= 4 is 8.07 Å². The van der Waals surface area contributed by atoms with Crippen molar-refractivity contribution < 1.29 is 0 Å². The van der Waals surface area contributed by atoms with Crippen molar-refractivity contribution in [3.63, 3.8) is 0 Å². The third-order valence-corrected chi connectivity index (χ3v) is 16.9. The first-order valence-electron chi connectivity index (χ1n) is 15.1. The lowest BCUT2D eigenvalue weighted by Gasteiger charge is -2.45. The lowest BCUT2D eigenvalue weighted by Crippen LogP contribution is -2.43. The molecule has 4 saturated carbocycles. The minimum absolute atomic E-state index is 0.727. The van der Waals surface area contributed by atoms with Crippen LogP contribution in [-0.2, 0) is 0 Å². The summed E-state index contributed by atoms with van der Waals surface area (Å²) in [6.45, 7) is 10.8. The van der Waals surface area contributed by atoms with Crippen LogP contribution in [0.3, 0.4) is 0 Å². The Morgan fingerprint density at radius 1 is 0.758 bits per heavy atom. The third-order valence-electron chi connectivity index (χ3n) is 11.7. The Bertz CT molecular complexity index is 753. The first kappa shape index (κ1) is 24.1. The number of fused-ring (bicyclic) bond motifs is 2. The van der Waals surface area contributed by atoms with Gasteiger partial charge in [0.2, 0.25) is 0 Å². The molecule has 1 heteroatoms. The summed E-state index contributed by atoms with van der Waals surface area (Å²) in [5, 5.41) is 0.